The van der Waals surface area contributed by atoms with Crippen LogP contribution in [0.25, 0.3) is 33.0 Å². The van der Waals surface area contributed by atoms with Crippen LogP contribution in [0, 0.1) is 5.92 Å². The molecule has 0 fully saturated rings. The van der Waals surface area contributed by atoms with E-state index in [-0.39, 0.29) is 0 Å². The standard InChI is InChI=1S/C48H40N2/c1-35-34-45(32-33-46(35)40-14-7-4-8-15-40)50(48-19-11-17-41-16-9-10-18-47(41)48)44-30-24-39(25-31-44)38-22-28-43(29-23-38)49(2)42-26-20-37(21-27-42)36-12-5-3-6-13-36/h3-35,46H,1-2H3. The Labute approximate surface area is 295 Å². The van der Waals surface area contributed by atoms with Gasteiger partial charge in [-0.1, -0.05) is 153 Å². The van der Waals surface area contributed by atoms with Crippen molar-refractivity contribution in [3.63, 3.8) is 0 Å². The van der Waals surface area contributed by atoms with Crippen LogP contribution in [0.15, 0.2) is 200 Å². The molecule has 1 aliphatic carbocycles. The molecule has 0 aliphatic heterocycles. The van der Waals surface area contributed by atoms with Gasteiger partial charge in [0.2, 0.25) is 0 Å². The van der Waals surface area contributed by atoms with E-state index in [9.17, 15) is 0 Å². The molecule has 0 radical (unpaired) electrons. The lowest BCUT2D eigenvalue weighted by molar-refractivity contribution is 0.628. The zero-order valence-electron chi connectivity index (χ0n) is 28.5. The van der Waals surface area contributed by atoms with Gasteiger partial charge in [0.05, 0.1) is 5.69 Å². The smallest absolute Gasteiger partial charge is 0.0539 e. The van der Waals surface area contributed by atoms with E-state index in [1.807, 2.05) is 0 Å². The summed E-state index contributed by atoms with van der Waals surface area (Å²) in [5.74, 6) is 0.708. The van der Waals surface area contributed by atoms with Crippen LogP contribution in [0.5, 0.6) is 0 Å². The zero-order chi connectivity index (χ0) is 33.9. The summed E-state index contributed by atoms with van der Waals surface area (Å²) >= 11 is 0. The minimum absolute atomic E-state index is 0.354. The molecular weight excluding hydrogens is 605 g/mol. The molecule has 242 valence electrons. The first-order valence-corrected chi connectivity index (χ1v) is 17.4. The molecule has 0 heterocycles. The molecule has 50 heavy (non-hydrogen) atoms. The Morgan fingerprint density at radius 2 is 0.960 bits per heavy atom. The van der Waals surface area contributed by atoms with Crippen LogP contribution in [-0.4, -0.2) is 7.05 Å². The molecule has 8 rings (SSSR count). The molecule has 1 aliphatic rings. The van der Waals surface area contributed by atoms with Crippen molar-refractivity contribution in [2.24, 2.45) is 5.92 Å². The third-order valence-electron chi connectivity index (χ3n) is 10.00. The van der Waals surface area contributed by atoms with E-state index in [0.717, 1.165) is 17.1 Å². The molecule has 0 spiro atoms. The molecule has 7 aromatic carbocycles. The van der Waals surface area contributed by atoms with Crippen LogP contribution < -0.4 is 9.80 Å². The Kier molecular flexibility index (Phi) is 8.59. The van der Waals surface area contributed by atoms with Gasteiger partial charge in [-0.15, -0.1) is 0 Å². The second-order valence-corrected chi connectivity index (χ2v) is 13.1. The quantitative estimate of drug-likeness (QED) is 0.162. The van der Waals surface area contributed by atoms with Crippen LogP contribution in [-0.2, 0) is 0 Å². The number of anilines is 4. The van der Waals surface area contributed by atoms with E-state index >= 15 is 0 Å². The zero-order valence-corrected chi connectivity index (χ0v) is 28.5. The van der Waals surface area contributed by atoms with E-state index in [2.05, 4.69) is 218 Å². The fourth-order valence-corrected chi connectivity index (χ4v) is 7.21. The summed E-state index contributed by atoms with van der Waals surface area (Å²) in [6, 6.07) is 63.3. The molecule has 2 unspecified atom stereocenters. The van der Waals surface area contributed by atoms with Gasteiger partial charge in [-0.05, 0) is 87.7 Å². The molecule has 0 amide bonds. The Morgan fingerprint density at radius 3 is 1.56 bits per heavy atom. The van der Waals surface area contributed by atoms with Gasteiger partial charge in [0, 0.05) is 41.1 Å². The van der Waals surface area contributed by atoms with Gasteiger partial charge < -0.3 is 9.80 Å². The van der Waals surface area contributed by atoms with Crippen molar-refractivity contribution in [2.75, 3.05) is 16.8 Å². The fourth-order valence-electron chi connectivity index (χ4n) is 7.21. The van der Waals surface area contributed by atoms with E-state index < -0.39 is 0 Å². The van der Waals surface area contributed by atoms with Crippen LogP contribution in [0.3, 0.4) is 0 Å². The summed E-state index contributed by atoms with van der Waals surface area (Å²) in [5.41, 5.74) is 12.0. The average molecular weight is 645 g/mol. The minimum atomic E-state index is 0.354. The van der Waals surface area contributed by atoms with Gasteiger partial charge in [0.15, 0.2) is 0 Å². The van der Waals surface area contributed by atoms with Crippen molar-refractivity contribution in [3.8, 4) is 22.3 Å². The van der Waals surface area contributed by atoms with Crippen LogP contribution >= 0.6 is 0 Å². The Balaban J connectivity index is 1.07. The second kappa shape index (κ2) is 13.8. The first kappa shape index (κ1) is 31.2. The summed E-state index contributed by atoms with van der Waals surface area (Å²) in [6.07, 6.45) is 7.10. The van der Waals surface area contributed by atoms with Gasteiger partial charge in [0.25, 0.3) is 0 Å². The molecule has 0 bridgehead atoms. The molecule has 7 aromatic rings. The van der Waals surface area contributed by atoms with Gasteiger partial charge in [-0.25, -0.2) is 0 Å². The number of rotatable bonds is 8. The summed E-state index contributed by atoms with van der Waals surface area (Å²) < 4.78 is 0. The SMILES string of the molecule is CC1C=C(N(c2ccc(-c3ccc(N(C)c4ccc(-c5ccccc5)cc4)cc3)cc2)c2cccc3ccccc23)C=CC1c1ccccc1. The first-order chi connectivity index (χ1) is 24.6. The highest BCUT2D eigenvalue weighted by Crippen LogP contribution is 2.41. The summed E-state index contributed by atoms with van der Waals surface area (Å²) in [6.45, 7) is 2.33. The number of nitrogens with zero attached hydrogens (tertiary/aromatic N) is 2. The second-order valence-electron chi connectivity index (χ2n) is 13.1. The lowest BCUT2D eigenvalue weighted by atomic mass is 9.83. The molecule has 0 saturated carbocycles. The van der Waals surface area contributed by atoms with E-state index in [1.54, 1.807) is 0 Å². The predicted molar refractivity (Wildman–Crippen MR) is 213 cm³/mol. The predicted octanol–water partition coefficient (Wildman–Crippen LogP) is 13.0. The molecule has 2 atom stereocenters. The number of fused-ring (bicyclic) bond motifs is 1. The Bertz CT molecular complexity index is 2260. The maximum absolute atomic E-state index is 2.43. The summed E-state index contributed by atoms with van der Waals surface area (Å²) in [7, 11) is 2.13. The fraction of sp³-hybridized carbons (Fsp3) is 0.0833. The molecule has 0 saturated heterocycles. The van der Waals surface area contributed by atoms with E-state index in [0.29, 0.717) is 11.8 Å². The topological polar surface area (TPSA) is 6.48 Å². The van der Waals surface area contributed by atoms with Crippen LogP contribution in [0.2, 0.25) is 0 Å². The van der Waals surface area contributed by atoms with Gasteiger partial charge >= 0.3 is 0 Å². The van der Waals surface area contributed by atoms with Crippen molar-refractivity contribution < 1.29 is 0 Å². The van der Waals surface area contributed by atoms with Gasteiger partial charge in [-0.3, -0.25) is 0 Å². The Morgan fingerprint density at radius 1 is 0.460 bits per heavy atom. The van der Waals surface area contributed by atoms with E-state index in [4.69, 9.17) is 0 Å². The molecule has 2 heteroatoms. The van der Waals surface area contributed by atoms with Crippen LogP contribution in [0.4, 0.5) is 22.7 Å². The largest absolute Gasteiger partial charge is 0.345 e. The molecular formula is C48H40N2. The maximum atomic E-state index is 2.43. The van der Waals surface area contributed by atoms with Crippen molar-refractivity contribution >= 4 is 33.5 Å². The molecule has 0 aromatic heterocycles. The number of allylic oxidation sites excluding steroid dienone is 3. The molecule has 2 nitrogen and oxygen atoms in total. The van der Waals surface area contributed by atoms with Crippen molar-refractivity contribution in [2.45, 2.75) is 12.8 Å². The van der Waals surface area contributed by atoms with Crippen LogP contribution in [0.1, 0.15) is 18.4 Å². The maximum Gasteiger partial charge on any atom is 0.0539 e. The summed E-state index contributed by atoms with van der Waals surface area (Å²) in [4.78, 5) is 4.65. The lowest BCUT2D eigenvalue weighted by Gasteiger charge is -2.32. The highest BCUT2D eigenvalue weighted by atomic mass is 15.1. The normalized spacial score (nSPS) is 15.4. The highest BCUT2D eigenvalue weighted by Gasteiger charge is 2.23. The first-order valence-electron chi connectivity index (χ1n) is 17.4. The minimum Gasteiger partial charge on any atom is -0.345 e. The third-order valence-corrected chi connectivity index (χ3v) is 10.00. The molecule has 0 N–H and O–H groups in total. The number of hydrogen-bond donors (Lipinski definition) is 0. The average Bonchev–Trinajstić information content (AvgIpc) is 3.19. The lowest BCUT2D eigenvalue weighted by Crippen LogP contribution is -2.20. The van der Waals surface area contributed by atoms with Crippen molar-refractivity contribution in [3.05, 3.63) is 205 Å². The number of hydrogen-bond acceptors (Lipinski definition) is 2. The number of benzene rings is 7. The van der Waals surface area contributed by atoms with Gasteiger partial charge in [-0.2, -0.15) is 0 Å². The van der Waals surface area contributed by atoms with Crippen molar-refractivity contribution in [1.82, 2.24) is 0 Å². The third kappa shape index (κ3) is 6.24. The monoisotopic (exact) mass is 644 g/mol. The van der Waals surface area contributed by atoms with Crippen molar-refractivity contribution in [1.29, 1.82) is 0 Å². The van der Waals surface area contributed by atoms with Gasteiger partial charge in [0.1, 0.15) is 0 Å². The van der Waals surface area contributed by atoms with E-state index in [1.165, 1.54) is 50.0 Å². The summed E-state index contributed by atoms with van der Waals surface area (Å²) in [5, 5.41) is 2.47. The Hall–Kier alpha value is -6.12. The highest BCUT2D eigenvalue weighted by molar-refractivity contribution is 5.97.